The molecule has 0 amide bonds. The van der Waals surface area contributed by atoms with Crippen LogP contribution in [0.1, 0.15) is 25.5 Å². The van der Waals surface area contributed by atoms with Gasteiger partial charge in [-0.15, -0.1) is 0 Å². The summed E-state index contributed by atoms with van der Waals surface area (Å²) in [5, 5.41) is 12.2. The maximum Gasteiger partial charge on any atom is 0.303 e. The van der Waals surface area contributed by atoms with E-state index in [-0.39, 0.29) is 12.5 Å². The normalized spacial score (nSPS) is 24.3. The highest BCUT2D eigenvalue weighted by Crippen LogP contribution is 2.15. The van der Waals surface area contributed by atoms with E-state index in [4.69, 9.17) is 5.11 Å². The third kappa shape index (κ3) is 4.29. The van der Waals surface area contributed by atoms with Gasteiger partial charge in [0.1, 0.15) is 0 Å². The average Bonchev–Trinajstić information content (AvgIpc) is 2.39. The van der Waals surface area contributed by atoms with Gasteiger partial charge in [-0.3, -0.25) is 14.7 Å². The predicted octanol–water partition coefficient (Wildman–Crippen LogP) is 1.11. The smallest absolute Gasteiger partial charge is 0.303 e. The first-order valence-corrected chi connectivity index (χ1v) is 6.74. The molecule has 1 aliphatic heterocycles. The minimum Gasteiger partial charge on any atom is -0.481 e. The fraction of sp³-hybridized carbons (Fsp3) is 0.571. The molecule has 5 nitrogen and oxygen atoms in total. The second kappa shape index (κ2) is 6.63. The predicted molar refractivity (Wildman–Crippen MR) is 72.8 cm³/mol. The zero-order valence-electron chi connectivity index (χ0n) is 11.2. The Hall–Kier alpha value is -1.46. The first-order chi connectivity index (χ1) is 9.15. The number of nitrogens with one attached hydrogen (secondary N) is 1. The number of pyridine rings is 1. The van der Waals surface area contributed by atoms with Gasteiger partial charge in [-0.1, -0.05) is 6.07 Å². The maximum atomic E-state index is 10.7. The number of piperazine rings is 1. The number of aromatic nitrogens is 1. The van der Waals surface area contributed by atoms with Crippen LogP contribution in [0, 0.1) is 0 Å². The highest BCUT2D eigenvalue weighted by Gasteiger charge is 2.26. The van der Waals surface area contributed by atoms with Gasteiger partial charge in [-0.2, -0.15) is 0 Å². The summed E-state index contributed by atoms with van der Waals surface area (Å²) >= 11 is 0. The van der Waals surface area contributed by atoms with E-state index in [9.17, 15) is 4.79 Å². The van der Waals surface area contributed by atoms with Gasteiger partial charge in [0.05, 0.1) is 5.69 Å². The van der Waals surface area contributed by atoms with Crippen LogP contribution in [0.25, 0.3) is 0 Å². The van der Waals surface area contributed by atoms with E-state index >= 15 is 0 Å². The molecule has 1 aromatic rings. The molecule has 1 aliphatic rings. The van der Waals surface area contributed by atoms with E-state index in [1.807, 2.05) is 18.2 Å². The van der Waals surface area contributed by atoms with Crippen molar-refractivity contribution in [2.45, 2.75) is 38.4 Å². The molecule has 0 radical (unpaired) electrons. The fourth-order valence-corrected chi connectivity index (χ4v) is 2.50. The number of aliphatic carboxylic acids is 1. The summed E-state index contributed by atoms with van der Waals surface area (Å²) in [6, 6.07) is 6.62. The summed E-state index contributed by atoms with van der Waals surface area (Å²) in [6.07, 6.45) is 2.70. The lowest BCUT2D eigenvalue weighted by Gasteiger charge is -2.39. The van der Waals surface area contributed by atoms with E-state index in [1.165, 1.54) is 0 Å². The standard InChI is InChI=1S/C14H21N3O2/c1-11-9-17(10-12-4-2-3-7-15-12)13(8-16-11)5-6-14(18)19/h2-4,7,11,13,16H,5-6,8-10H2,1H3,(H,18,19). The monoisotopic (exact) mass is 263 g/mol. The van der Waals surface area contributed by atoms with E-state index in [1.54, 1.807) is 6.20 Å². The molecule has 1 aromatic heterocycles. The minimum absolute atomic E-state index is 0.222. The van der Waals surface area contributed by atoms with E-state index in [2.05, 4.69) is 22.1 Å². The molecule has 2 atom stereocenters. The van der Waals surface area contributed by atoms with Crippen molar-refractivity contribution in [3.63, 3.8) is 0 Å². The first-order valence-electron chi connectivity index (χ1n) is 6.74. The lowest BCUT2D eigenvalue weighted by molar-refractivity contribution is -0.137. The molecule has 0 aliphatic carbocycles. The molecule has 0 saturated carbocycles. The van der Waals surface area contributed by atoms with Crippen LogP contribution < -0.4 is 5.32 Å². The Morgan fingerprint density at radius 1 is 1.58 bits per heavy atom. The Bertz CT molecular complexity index is 410. The number of carboxylic acids is 1. The van der Waals surface area contributed by atoms with E-state index < -0.39 is 5.97 Å². The van der Waals surface area contributed by atoms with Gasteiger partial charge in [0, 0.05) is 44.3 Å². The molecule has 2 heterocycles. The largest absolute Gasteiger partial charge is 0.481 e. The summed E-state index contributed by atoms with van der Waals surface area (Å²) in [5.41, 5.74) is 1.04. The molecule has 2 N–H and O–H groups in total. The summed E-state index contributed by atoms with van der Waals surface area (Å²) in [7, 11) is 0. The van der Waals surface area contributed by atoms with Crippen molar-refractivity contribution in [1.29, 1.82) is 0 Å². The van der Waals surface area contributed by atoms with Crippen LogP contribution in [0.4, 0.5) is 0 Å². The number of nitrogens with zero attached hydrogens (tertiary/aromatic N) is 2. The van der Waals surface area contributed by atoms with Crippen molar-refractivity contribution in [2.75, 3.05) is 13.1 Å². The van der Waals surface area contributed by atoms with Crippen LogP contribution in [-0.4, -0.2) is 46.1 Å². The highest BCUT2D eigenvalue weighted by atomic mass is 16.4. The van der Waals surface area contributed by atoms with Crippen LogP contribution in [0.2, 0.25) is 0 Å². The molecule has 2 unspecified atom stereocenters. The molecule has 0 aromatic carbocycles. The van der Waals surface area contributed by atoms with Crippen molar-refractivity contribution < 1.29 is 9.90 Å². The van der Waals surface area contributed by atoms with Crippen molar-refractivity contribution in [3.8, 4) is 0 Å². The molecule has 0 bridgehead atoms. The zero-order valence-corrected chi connectivity index (χ0v) is 11.2. The Labute approximate surface area is 113 Å². The Kier molecular flexibility index (Phi) is 4.87. The molecule has 19 heavy (non-hydrogen) atoms. The molecular formula is C14H21N3O2. The second-order valence-electron chi connectivity index (χ2n) is 5.15. The van der Waals surface area contributed by atoms with Gasteiger partial charge >= 0.3 is 5.97 Å². The van der Waals surface area contributed by atoms with Crippen molar-refractivity contribution in [1.82, 2.24) is 15.2 Å². The van der Waals surface area contributed by atoms with Gasteiger partial charge in [0.15, 0.2) is 0 Å². The van der Waals surface area contributed by atoms with Crippen LogP contribution in [0.15, 0.2) is 24.4 Å². The fourth-order valence-electron chi connectivity index (χ4n) is 2.50. The SMILES string of the molecule is CC1CN(Cc2ccccn2)C(CCC(=O)O)CN1. The highest BCUT2D eigenvalue weighted by molar-refractivity contribution is 5.66. The van der Waals surface area contributed by atoms with Gasteiger partial charge in [0.2, 0.25) is 0 Å². The van der Waals surface area contributed by atoms with Crippen LogP contribution >= 0.6 is 0 Å². The van der Waals surface area contributed by atoms with Crippen molar-refractivity contribution in [2.24, 2.45) is 0 Å². The molecule has 5 heteroatoms. The summed E-state index contributed by atoms with van der Waals surface area (Å²) in [5.74, 6) is -0.726. The average molecular weight is 263 g/mol. The second-order valence-corrected chi connectivity index (χ2v) is 5.15. The summed E-state index contributed by atoms with van der Waals surface area (Å²) < 4.78 is 0. The number of rotatable bonds is 5. The van der Waals surface area contributed by atoms with Crippen molar-refractivity contribution in [3.05, 3.63) is 30.1 Å². The molecule has 104 valence electrons. The lowest BCUT2D eigenvalue weighted by atomic mass is 10.0. The molecule has 1 fully saturated rings. The number of carbonyl (C=O) groups is 1. The van der Waals surface area contributed by atoms with Gasteiger partial charge in [-0.05, 0) is 25.5 Å². The zero-order chi connectivity index (χ0) is 13.7. The first kappa shape index (κ1) is 14.0. The van der Waals surface area contributed by atoms with Crippen LogP contribution in [0.5, 0.6) is 0 Å². The molecule has 2 rings (SSSR count). The minimum atomic E-state index is -0.726. The third-order valence-electron chi connectivity index (χ3n) is 3.51. The summed E-state index contributed by atoms with van der Waals surface area (Å²) in [6.45, 7) is 4.72. The van der Waals surface area contributed by atoms with Crippen LogP contribution in [0.3, 0.4) is 0 Å². The Morgan fingerprint density at radius 2 is 2.42 bits per heavy atom. The lowest BCUT2D eigenvalue weighted by Crippen LogP contribution is -2.55. The van der Waals surface area contributed by atoms with Crippen molar-refractivity contribution >= 4 is 5.97 Å². The Balaban J connectivity index is 1.98. The molecule has 1 saturated heterocycles. The van der Waals surface area contributed by atoms with Gasteiger partial charge in [-0.25, -0.2) is 0 Å². The topological polar surface area (TPSA) is 65.5 Å². The molecular weight excluding hydrogens is 242 g/mol. The van der Waals surface area contributed by atoms with E-state index in [0.717, 1.165) is 25.3 Å². The van der Waals surface area contributed by atoms with E-state index in [0.29, 0.717) is 12.5 Å². The Morgan fingerprint density at radius 3 is 3.11 bits per heavy atom. The number of hydrogen-bond donors (Lipinski definition) is 2. The van der Waals surface area contributed by atoms with Crippen LogP contribution in [-0.2, 0) is 11.3 Å². The maximum absolute atomic E-state index is 10.7. The third-order valence-corrected chi connectivity index (χ3v) is 3.51. The number of hydrogen-bond acceptors (Lipinski definition) is 4. The van der Waals surface area contributed by atoms with Gasteiger partial charge in [0.25, 0.3) is 0 Å². The quantitative estimate of drug-likeness (QED) is 0.833. The summed E-state index contributed by atoms with van der Waals surface area (Å²) in [4.78, 5) is 17.4. The number of carboxylic acid groups (broad SMARTS) is 1. The van der Waals surface area contributed by atoms with Gasteiger partial charge < -0.3 is 10.4 Å². The molecule has 0 spiro atoms.